The Bertz CT molecular complexity index is 875. The van der Waals surface area contributed by atoms with E-state index in [1.54, 1.807) is 43.0 Å². The number of carbonyl (C=O) groups is 2. The van der Waals surface area contributed by atoms with E-state index in [9.17, 15) is 9.59 Å². The summed E-state index contributed by atoms with van der Waals surface area (Å²) in [6.07, 6.45) is 2.78. The van der Waals surface area contributed by atoms with Crippen LogP contribution >= 0.6 is 11.6 Å². The highest BCUT2D eigenvalue weighted by molar-refractivity contribution is 6.30. The van der Waals surface area contributed by atoms with Crippen LogP contribution in [0, 0.1) is 0 Å². The van der Waals surface area contributed by atoms with Crippen LogP contribution < -0.4 is 4.90 Å². The van der Waals surface area contributed by atoms with Crippen LogP contribution in [0.4, 0.5) is 5.69 Å². The van der Waals surface area contributed by atoms with E-state index in [1.807, 2.05) is 18.2 Å². The average molecular weight is 400 g/mol. The summed E-state index contributed by atoms with van der Waals surface area (Å²) in [6.45, 7) is 3.72. The molecule has 146 valence electrons. The van der Waals surface area contributed by atoms with Crippen LogP contribution in [0.25, 0.3) is 0 Å². The van der Waals surface area contributed by atoms with Gasteiger partial charge in [-0.05, 0) is 42.7 Å². The summed E-state index contributed by atoms with van der Waals surface area (Å²) in [6, 6.07) is 17.1. The van der Waals surface area contributed by atoms with Gasteiger partial charge in [-0.2, -0.15) is 0 Å². The Hall–Kier alpha value is -2.79. The molecule has 1 fully saturated rings. The smallest absolute Gasteiger partial charge is 0.377 e. The van der Waals surface area contributed by atoms with Gasteiger partial charge >= 0.3 is 5.97 Å². The summed E-state index contributed by atoms with van der Waals surface area (Å²) < 4.78 is 10.5. The number of nitrogens with zero attached hydrogens (tertiary/aromatic N) is 1. The van der Waals surface area contributed by atoms with Crippen LogP contribution in [0.3, 0.4) is 0 Å². The maximum Gasteiger partial charge on any atom is 0.377 e. The minimum absolute atomic E-state index is 0.0861. The number of hydrogen-bond donors (Lipinski definition) is 0. The molecule has 6 heteroatoms. The van der Waals surface area contributed by atoms with Gasteiger partial charge in [0.2, 0.25) is 11.5 Å². The van der Waals surface area contributed by atoms with E-state index >= 15 is 0 Å². The molecule has 0 atom stereocenters. The SMILES string of the molecule is CC1(C)OC(=O)/C(=C\C(=O)N(CCCc2ccccc2)c2ccc(Cl)cc2)O1. The molecule has 0 aromatic heterocycles. The Kier molecular flexibility index (Phi) is 6.05. The monoisotopic (exact) mass is 399 g/mol. The van der Waals surface area contributed by atoms with Gasteiger partial charge < -0.3 is 14.4 Å². The number of hydrogen-bond acceptors (Lipinski definition) is 4. The lowest BCUT2D eigenvalue weighted by atomic mass is 10.1. The lowest BCUT2D eigenvalue weighted by Crippen LogP contribution is -2.31. The van der Waals surface area contributed by atoms with Crippen LogP contribution in [0.15, 0.2) is 66.4 Å². The molecule has 5 nitrogen and oxygen atoms in total. The molecular weight excluding hydrogens is 378 g/mol. The van der Waals surface area contributed by atoms with Crippen molar-refractivity contribution in [2.45, 2.75) is 32.5 Å². The van der Waals surface area contributed by atoms with Gasteiger partial charge in [0.05, 0.1) is 6.08 Å². The molecule has 1 aliphatic heterocycles. The molecule has 0 unspecified atom stereocenters. The third-order valence-corrected chi connectivity index (χ3v) is 4.50. The molecule has 0 radical (unpaired) electrons. The minimum atomic E-state index is -1.07. The quantitative estimate of drug-likeness (QED) is 0.530. The fourth-order valence-electron chi connectivity index (χ4n) is 2.95. The van der Waals surface area contributed by atoms with Crippen molar-refractivity contribution >= 4 is 29.2 Å². The lowest BCUT2D eigenvalue weighted by Gasteiger charge is -2.22. The first-order valence-corrected chi connectivity index (χ1v) is 9.47. The number of ether oxygens (including phenoxy) is 2. The molecule has 1 aliphatic rings. The van der Waals surface area contributed by atoms with Gasteiger partial charge in [0.1, 0.15) is 0 Å². The van der Waals surface area contributed by atoms with Crippen LogP contribution in [-0.2, 0) is 25.5 Å². The fourth-order valence-corrected chi connectivity index (χ4v) is 3.08. The Morgan fingerprint density at radius 3 is 2.36 bits per heavy atom. The van der Waals surface area contributed by atoms with Crippen LogP contribution in [-0.4, -0.2) is 24.2 Å². The van der Waals surface area contributed by atoms with Crippen molar-refractivity contribution in [3.8, 4) is 0 Å². The number of carbonyl (C=O) groups excluding carboxylic acids is 2. The number of amides is 1. The summed E-state index contributed by atoms with van der Waals surface area (Å²) in [5.74, 6) is -2.14. The maximum atomic E-state index is 12.9. The molecule has 3 rings (SSSR count). The topological polar surface area (TPSA) is 55.8 Å². The molecule has 2 aromatic carbocycles. The first-order chi connectivity index (χ1) is 13.3. The summed E-state index contributed by atoms with van der Waals surface area (Å²) in [5, 5.41) is 0.586. The van der Waals surface area contributed by atoms with Crippen LogP contribution in [0.2, 0.25) is 5.02 Å². The number of aryl methyl sites for hydroxylation is 1. The largest absolute Gasteiger partial charge is 0.445 e. The molecular formula is C22H22ClNO4. The van der Waals surface area contributed by atoms with Crippen molar-refractivity contribution in [2.24, 2.45) is 0 Å². The van der Waals surface area contributed by atoms with Crippen molar-refractivity contribution in [3.05, 3.63) is 77.0 Å². The highest BCUT2D eigenvalue weighted by atomic mass is 35.5. The molecule has 0 saturated carbocycles. The third kappa shape index (κ3) is 5.14. The number of esters is 1. The number of rotatable bonds is 6. The van der Waals surface area contributed by atoms with Crippen molar-refractivity contribution < 1.29 is 19.1 Å². The Morgan fingerprint density at radius 2 is 1.75 bits per heavy atom. The van der Waals surface area contributed by atoms with Gasteiger partial charge in [-0.15, -0.1) is 0 Å². The van der Waals surface area contributed by atoms with Gasteiger partial charge in [0.15, 0.2) is 0 Å². The molecule has 2 aromatic rings. The number of halogens is 1. The molecule has 0 spiro atoms. The van der Waals surface area contributed by atoms with Crippen molar-refractivity contribution in [3.63, 3.8) is 0 Å². The van der Waals surface area contributed by atoms with Crippen molar-refractivity contribution in [2.75, 3.05) is 11.4 Å². The van der Waals surface area contributed by atoms with Crippen LogP contribution in [0.1, 0.15) is 25.8 Å². The van der Waals surface area contributed by atoms with E-state index < -0.39 is 11.8 Å². The second-order valence-electron chi connectivity index (χ2n) is 6.96. The minimum Gasteiger partial charge on any atom is -0.445 e. The number of anilines is 1. The van der Waals surface area contributed by atoms with Gasteiger partial charge in [0, 0.05) is 31.1 Å². The van der Waals surface area contributed by atoms with E-state index in [0.717, 1.165) is 12.8 Å². The van der Waals surface area contributed by atoms with Gasteiger partial charge in [-0.25, -0.2) is 4.79 Å². The zero-order valence-corrected chi connectivity index (χ0v) is 16.6. The summed E-state index contributed by atoms with van der Waals surface area (Å²) in [5.41, 5.74) is 1.90. The highest BCUT2D eigenvalue weighted by Gasteiger charge is 2.38. The molecule has 1 saturated heterocycles. The molecule has 1 heterocycles. The van der Waals surface area contributed by atoms with Crippen molar-refractivity contribution in [1.29, 1.82) is 0 Å². The predicted molar refractivity (Wildman–Crippen MR) is 108 cm³/mol. The summed E-state index contributed by atoms with van der Waals surface area (Å²) in [7, 11) is 0. The molecule has 28 heavy (non-hydrogen) atoms. The Labute approximate surface area is 169 Å². The third-order valence-electron chi connectivity index (χ3n) is 4.24. The zero-order valence-electron chi connectivity index (χ0n) is 15.9. The molecule has 0 N–H and O–H groups in total. The molecule has 0 aliphatic carbocycles. The van der Waals surface area contributed by atoms with E-state index in [1.165, 1.54) is 11.6 Å². The maximum absolute atomic E-state index is 12.9. The normalized spacial score (nSPS) is 16.5. The average Bonchev–Trinajstić information content (AvgIpc) is 2.92. The van der Waals surface area contributed by atoms with Gasteiger partial charge in [0.25, 0.3) is 5.91 Å². The van der Waals surface area contributed by atoms with E-state index in [-0.39, 0.29) is 11.7 Å². The summed E-state index contributed by atoms with van der Waals surface area (Å²) >= 11 is 5.97. The van der Waals surface area contributed by atoms with E-state index in [2.05, 4.69) is 12.1 Å². The first-order valence-electron chi connectivity index (χ1n) is 9.09. The summed E-state index contributed by atoms with van der Waals surface area (Å²) in [4.78, 5) is 26.4. The van der Waals surface area contributed by atoms with E-state index in [0.29, 0.717) is 17.3 Å². The molecule has 0 bridgehead atoms. The van der Waals surface area contributed by atoms with Crippen LogP contribution in [0.5, 0.6) is 0 Å². The van der Waals surface area contributed by atoms with Gasteiger partial charge in [-0.3, -0.25) is 4.79 Å². The second kappa shape index (κ2) is 8.48. The van der Waals surface area contributed by atoms with E-state index in [4.69, 9.17) is 21.1 Å². The highest BCUT2D eigenvalue weighted by Crippen LogP contribution is 2.27. The molecule has 1 amide bonds. The Morgan fingerprint density at radius 1 is 1.07 bits per heavy atom. The number of cyclic esters (lactones) is 1. The lowest BCUT2D eigenvalue weighted by molar-refractivity contribution is -0.159. The van der Waals surface area contributed by atoms with Crippen molar-refractivity contribution in [1.82, 2.24) is 0 Å². The fraction of sp³-hybridized carbons (Fsp3) is 0.273. The first kappa shape index (κ1) is 20.0. The van der Waals surface area contributed by atoms with Gasteiger partial charge in [-0.1, -0.05) is 41.9 Å². The predicted octanol–water partition coefficient (Wildman–Crippen LogP) is 4.50. The Balaban J connectivity index is 1.76. The second-order valence-corrected chi connectivity index (χ2v) is 7.39. The standard InChI is InChI=1S/C22H22ClNO4/c1-22(2)27-19(21(26)28-22)15-20(25)24(18-12-10-17(23)11-13-18)14-6-9-16-7-4-3-5-8-16/h3-5,7-8,10-13,15H,6,9,14H2,1-2H3/b19-15+. The number of benzene rings is 2. The zero-order chi connectivity index (χ0) is 20.1.